The van der Waals surface area contributed by atoms with Gasteiger partial charge in [-0.05, 0) is 25.1 Å². The van der Waals surface area contributed by atoms with Gasteiger partial charge < -0.3 is 10.1 Å². The third-order valence-electron chi connectivity index (χ3n) is 3.81. The predicted molar refractivity (Wildman–Crippen MR) is 96.7 cm³/mol. The maximum absolute atomic E-state index is 12.2. The number of fused-ring (bicyclic) bond motifs is 1. The number of rotatable bonds is 5. The standard InChI is InChI=1S/C19H17N3O4/c1-12(18(24)20-13-7-3-2-4-8-13)26-17(23)11-16-14-9-5-6-10-15(14)19(25)22-21-16/h2-10,12H,11H2,1H3,(H,20,24)(H,22,25)/t12-/m1/s1. The van der Waals surface area contributed by atoms with Crippen LogP contribution in [0.25, 0.3) is 10.8 Å². The highest BCUT2D eigenvalue weighted by atomic mass is 16.5. The molecule has 2 aromatic carbocycles. The smallest absolute Gasteiger partial charge is 0.312 e. The van der Waals surface area contributed by atoms with E-state index in [0.717, 1.165) is 0 Å². The number of carbonyl (C=O) groups excluding carboxylic acids is 2. The minimum absolute atomic E-state index is 0.153. The molecule has 26 heavy (non-hydrogen) atoms. The molecule has 1 amide bonds. The van der Waals surface area contributed by atoms with Crippen molar-refractivity contribution in [2.45, 2.75) is 19.4 Å². The average molecular weight is 351 g/mol. The summed E-state index contributed by atoms with van der Waals surface area (Å²) in [5, 5.41) is 9.98. The monoisotopic (exact) mass is 351 g/mol. The van der Waals surface area contributed by atoms with Crippen molar-refractivity contribution >= 4 is 28.3 Å². The molecule has 3 rings (SSSR count). The summed E-state index contributed by atoms with van der Waals surface area (Å²) in [6.45, 7) is 1.49. The van der Waals surface area contributed by atoms with Gasteiger partial charge in [-0.1, -0.05) is 36.4 Å². The van der Waals surface area contributed by atoms with Crippen molar-refractivity contribution in [1.29, 1.82) is 0 Å². The molecular weight excluding hydrogens is 334 g/mol. The Hall–Kier alpha value is -3.48. The molecule has 7 nitrogen and oxygen atoms in total. The Labute approximate surface area is 149 Å². The number of hydrogen-bond acceptors (Lipinski definition) is 5. The number of H-pyrrole nitrogens is 1. The van der Waals surface area contributed by atoms with Crippen molar-refractivity contribution in [2.24, 2.45) is 0 Å². The van der Waals surface area contributed by atoms with Crippen molar-refractivity contribution in [2.75, 3.05) is 5.32 Å². The van der Waals surface area contributed by atoms with E-state index in [9.17, 15) is 14.4 Å². The van der Waals surface area contributed by atoms with E-state index in [1.807, 2.05) is 6.07 Å². The normalized spacial score (nSPS) is 11.7. The van der Waals surface area contributed by atoms with Gasteiger partial charge in [-0.3, -0.25) is 14.4 Å². The molecule has 3 aromatic rings. The number of hydrogen-bond donors (Lipinski definition) is 2. The van der Waals surface area contributed by atoms with Crippen LogP contribution in [0.15, 0.2) is 59.4 Å². The van der Waals surface area contributed by atoms with Gasteiger partial charge in [0.25, 0.3) is 11.5 Å². The highest BCUT2D eigenvalue weighted by Crippen LogP contribution is 2.14. The minimum atomic E-state index is -0.961. The van der Waals surface area contributed by atoms with E-state index in [1.54, 1.807) is 48.5 Å². The predicted octanol–water partition coefficient (Wildman–Crippen LogP) is 2.04. The van der Waals surface area contributed by atoms with Crippen molar-refractivity contribution in [3.8, 4) is 0 Å². The van der Waals surface area contributed by atoms with Gasteiger partial charge in [-0.15, -0.1) is 0 Å². The SMILES string of the molecule is C[C@@H](OC(=O)Cc1n[nH]c(=O)c2ccccc12)C(=O)Nc1ccccc1. The van der Waals surface area contributed by atoms with Crippen LogP contribution in [-0.2, 0) is 20.7 Å². The van der Waals surface area contributed by atoms with Gasteiger partial charge in [0.1, 0.15) is 0 Å². The van der Waals surface area contributed by atoms with Crippen LogP contribution in [0.5, 0.6) is 0 Å². The van der Waals surface area contributed by atoms with Crippen molar-refractivity contribution < 1.29 is 14.3 Å². The Balaban J connectivity index is 1.66. The highest BCUT2D eigenvalue weighted by Gasteiger charge is 2.19. The van der Waals surface area contributed by atoms with E-state index in [4.69, 9.17) is 4.74 Å². The van der Waals surface area contributed by atoms with Gasteiger partial charge in [-0.25, -0.2) is 5.10 Å². The molecule has 0 aliphatic carbocycles. The number of para-hydroxylation sites is 1. The van der Waals surface area contributed by atoms with Crippen LogP contribution in [0.4, 0.5) is 5.69 Å². The van der Waals surface area contributed by atoms with E-state index < -0.39 is 18.0 Å². The first-order valence-electron chi connectivity index (χ1n) is 8.06. The molecule has 0 radical (unpaired) electrons. The second kappa shape index (κ2) is 7.60. The summed E-state index contributed by atoms with van der Waals surface area (Å²) in [5.74, 6) is -1.03. The second-order valence-electron chi connectivity index (χ2n) is 5.71. The summed E-state index contributed by atoms with van der Waals surface area (Å²) < 4.78 is 5.18. The summed E-state index contributed by atoms with van der Waals surface area (Å²) in [5.41, 5.74) is 0.683. The Morgan fingerprint density at radius 1 is 1.08 bits per heavy atom. The molecule has 0 unspecified atom stereocenters. The Kier molecular flexibility index (Phi) is 5.07. The Morgan fingerprint density at radius 3 is 2.46 bits per heavy atom. The molecule has 2 N–H and O–H groups in total. The third kappa shape index (κ3) is 3.94. The van der Waals surface area contributed by atoms with Gasteiger partial charge in [0.05, 0.1) is 17.5 Å². The zero-order chi connectivity index (χ0) is 18.5. The molecule has 1 aromatic heterocycles. The third-order valence-corrected chi connectivity index (χ3v) is 3.81. The van der Waals surface area contributed by atoms with Crippen LogP contribution >= 0.6 is 0 Å². The molecular formula is C19H17N3O4. The highest BCUT2D eigenvalue weighted by molar-refractivity contribution is 5.95. The van der Waals surface area contributed by atoms with Gasteiger partial charge in [0.2, 0.25) is 0 Å². The molecule has 0 aliphatic rings. The second-order valence-corrected chi connectivity index (χ2v) is 5.71. The number of nitrogens with zero attached hydrogens (tertiary/aromatic N) is 1. The number of anilines is 1. The lowest BCUT2D eigenvalue weighted by molar-refractivity contribution is -0.152. The maximum atomic E-state index is 12.2. The van der Waals surface area contributed by atoms with Crippen LogP contribution in [0.1, 0.15) is 12.6 Å². The summed E-state index contributed by atoms with van der Waals surface area (Å²) in [6.07, 6.45) is -1.11. The van der Waals surface area contributed by atoms with Crippen LogP contribution in [0.3, 0.4) is 0 Å². The van der Waals surface area contributed by atoms with E-state index >= 15 is 0 Å². The zero-order valence-electron chi connectivity index (χ0n) is 14.1. The van der Waals surface area contributed by atoms with Gasteiger partial charge >= 0.3 is 5.97 Å². The molecule has 1 atom stereocenters. The van der Waals surface area contributed by atoms with Gasteiger partial charge in [0, 0.05) is 11.1 Å². The Bertz CT molecular complexity index is 998. The van der Waals surface area contributed by atoms with Crippen molar-refractivity contribution in [3.05, 3.63) is 70.6 Å². The molecule has 0 spiro atoms. The lowest BCUT2D eigenvalue weighted by Gasteiger charge is -2.13. The van der Waals surface area contributed by atoms with Gasteiger partial charge in [0.15, 0.2) is 6.10 Å². The topological polar surface area (TPSA) is 101 Å². The summed E-state index contributed by atoms with van der Waals surface area (Å²) in [6, 6.07) is 15.8. The van der Waals surface area contributed by atoms with Crippen LogP contribution in [0, 0.1) is 0 Å². The number of carbonyl (C=O) groups is 2. The molecule has 0 saturated carbocycles. The van der Waals surface area contributed by atoms with E-state index in [2.05, 4.69) is 15.5 Å². The number of amides is 1. The average Bonchev–Trinajstić information content (AvgIpc) is 2.65. The fourth-order valence-electron chi connectivity index (χ4n) is 2.50. The molecule has 0 aliphatic heterocycles. The molecule has 132 valence electrons. The fraction of sp³-hybridized carbons (Fsp3) is 0.158. The number of aromatic amines is 1. The lowest BCUT2D eigenvalue weighted by Crippen LogP contribution is -2.30. The maximum Gasteiger partial charge on any atom is 0.312 e. The molecule has 7 heteroatoms. The Morgan fingerprint density at radius 2 is 1.73 bits per heavy atom. The number of aromatic nitrogens is 2. The summed E-state index contributed by atoms with van der Waals surface area (Å²) >= 11 is 0. The number of esters is 1. The number of nitrogens with one attached hydrogen (secondary N) is 2. The first-order chi connectivity index (χ1) is 12.5. The largest absolute Gasteiger partial charge is 0.452 e. The molecule has 1 heterocycles. The first-order valence-corrected chi connectivity index (χ1v) is 8.06. The number of ether oxygens (including phenoxy) is 1. The summed E-state index contributed by atoms with van der Waals surface area (Å²) in [4.78, 5) is 36.1. The molecule has 0 bridgehead atoms. The van der Waals surface area contributed by atoms with Crippen LogP contribution < -0.4 is 10.9 Å². The van der Waals surface area contributed by atoms with E-state index in [-0.39, 0.29) is 12.0 Å². The van der Waals surface area contributed by atoms with E-state index in [1.165, 1.54) is 6.92 Å². The first kappa shape index (κ1) is 17.3. The molecule has 0 saturated heterocycles. The minimum Gasteiger partial charge on any atom is -0.452 e. The zero-order valence-corrected chi connectivity index (χ0v) is 14.1. The van der Waals surface area contributed by atoms with Crippen LogP contribution in [-0.4, -0.2) is 28.2 Å². The van der Waals surface area contributed by atoms with Crippen molar-refractivity contribution in [3.63, 3.8) is 0 Å². The molecule has 0 fully saturated rings. The lowest BCUT2D eigenvalue weighted by atomic mass is 10.1. The van der Waals surface area contributed by atoms with Crippen LogP contribution in [0.2, 0.25) is 0 Å². The van der Waals surface area contributed by atoms with Gasteiger partial charge in [-0.2, -0.15) is 5.10 Å². The quantitative estimate of drug-likeness (QED) is 0.685. The summed E-state index contributed by atoms with van der Waals surface area (Å²) in [7, 11) is 0. The van der Waals surface area contributed by atoms with E-state index in [0.29, 0.717) is 22.2 Å². The van der Waals surface area contributed by atoms with Crippen molar-refractivity contribution in [1.82, 2.24) is 10.2 Å². The fourth-order valence-corrected chi connectivity index (χ4v) is 2.50. The number of benzene rings is 2.